The zero-order valence-corrected chi connectivity index (χ0v) is 12.8. The van der Waals surface area contributed by atoms with Gasteiger partial charge in [0.25, 0.3) is 0 Å². The molecular formula is C14H19BrN2O2. The molecule has 2 N–H and O–H groups in total. The van der Waals surface area contributed by atoms with Crippen molar-refractivity contribution in [1.29, 1.82) is 0 Å². The van der Waals surface area contributed by atoms with E-state index in [0.717, 1.165) is 12.2 Å². The van der Waals surface area contributed by atoms with Crippen molar-refractivity contribution in [3.8, 4) is 0 Å². The fourth-order valence-corrected chi connectivity index (χ4v) is 2.98. The molecule has 0 saturated heterocycles. The molecule has 1 aliphatic rings. The molecule has 1 aromatic rings. The Hall–Kier alpha value is -1.07. The average molecular weight is 327 g/mol. The molecular weight excluding hydrogens is 308 g/mol. The van der Waals surface area contributed by atoms with Crippen molar-refractivity contribution < 1.29 is 9.90 Å². The number of anilines is 1. The van der Waals surface area contributed by atoms with Crippen LogP contribution in [0.4, 0.5) is 5.69 Å². The van der Waals surface area contributed by atoms with Crippen LogP contribution in [0.1, 0.15) is 29.6 Å². The third kappa shape index (κ3) is 2.92. The number of nitrogens with zero attached hydrogens (tertiary/aromatic N) is 1. The van der Waals surface area contributed by atoms with Gasteiger partial charge in [0, 0.05) is 22.2 Å². The van der Waals surface area contributed by atoms with E-state index >= 15 is 0 Å². The van der Waals surface area contributed by atoms with E-state index < -0.39 is 5.97 Å². The lowest BCUT2D eigenvalue weighted by Crippen LogP contribution is -2.54. The van der Waals surface area contributed by atoms with Crippen LogP contribution in [0, 0.1) is 0 Å². The Kier molecular flexibility index (Phi) is 4.16. The predicted octanol–water partition coefficient (Wildman–Crippen LogP) is 3.04. The molecule has 0 amide bonds. The molecule has 104 valence electrons. The Bertz CT molecular complexity index is 484. The van der Waals surface area contributed by atoms with Gasteiger partial charge in [-0.1, -0.05) is 0 Å². The van der Waals surface area contributed by atoms with Crippen LogP contribution in [0.15, 0.2) is 22.7 Å². The van der Waals surface area contributed by atoms with Crippen LogP contribution in [0.2, 0.25) is 0 Å². The first kappa shape index (κ1) is 14.3. The maximum atomic E-state index is 10.9. The van der Waals surface area contributed by atoms with Crippen LogP contribution >= 0.6 is 15.9 Å². The van der Waals surface area contributed by atoms with Crippen molar-refractivity contribution in [3.05, 3.63) is 28.2 Å². The van der Waals surface area contributed by atoms with Gasteiger partial charge in [0.1, 0.15) is 0 Å². The summed E-state index contributed by atoms with van der Waals surface area (Å²) in [5.41, 5.74) is 1.49. The molecule has 0 bridgehead atoms. The first-order chi connectivity index (χ1) is 8.94. The highest BCUT2D eigenvalue weighted by Crippen LogP contribution is 2.36. The molecule has 0 aliphatic heterocycles. The second-order valence-corrected chi connectivity index (χ2v) is 6.18. The number of hydrogen-bond donors (Lipinski definition) is 2. The number of hydrogen-bond acceptors (Lipinski definition) is 3. The molecule has 0 heterocycles. The van der Waals surface area contributed by atoms with Crippen LogP contribution < -0.4 is 5.32 Å². The Morgan fingerprint density at radius 3 is 2.58 bits per heavy atom. The lowest BCUT2D eigenvalue weighted by Gasteiger charge is -2.47. The van der Waals surface area contributed by atoms with Crippen LogP contribution in [0.3, 0.4) is 0 Å². The van der Waals surface area contributed by atoms with Crippen LogP contribution in [-0.2, 0) is 0 Å². The number of benzene rings is 1. The van der Waals surface area contributed by atoms with Gasteiger partial charge in [0.2, 0.25) is 0 Å². The van der Waals surface area contributed by atoms with Crippen LogP contribution in [-0.4, -0.2) is 42.2 Å². The lowest BCUT2D eigenvalue weighted by atomic mass is 9.75. The minimum absolute atomic E-state index is 0.248. The largest absolute Gasteiger partial charge is 0.478 e. The number of halogens is 1. The van der Waals surface area contributed by atoms with Crippen molar-refractivity contribution in [2.24, 2.45) is 0 Å². The zero-order valence-electron chi connectivity index (χ0n) is 11.2. The number of carboxylic acid groups (broad SMARTS) is 1. The Morgan fingerprint density at radius 1 is 1.47 bits per heavy atom. The first-order valence-electron chi connectivity index (χ1n) is 6.39. The van der Waals surface area contributed by atoms with Gasteiger partial charge in [0.05, 0.1) is 5.56 Å². The summed E-state index contributed by atoms with van der Waals surface area (Å²) in [5.74, 6) is -0.915. The lowest BCUT2D eigenvalue weighted by molar-refractivity contribution is 0.0695. The van der Waals surface area contributed by atoms with E-state index in [-0.39, 0.29) is 11.1 Å². The summed E-state index contributed by atoms with van der Waals surface area (Å²) in [6.45, 7) is 0.888. The molecule has 1 saturated carbocycles. The highest BCUT2D eigenvalue weighted by Gasteiger charge is 2.38. The second-order valence-electron chi connectivity index (χ2n) is 5.33. The van der Waals surface area contributed by atoms with Gasteiger partial charge >= 0.3 is 5.97 Å². The summed E-state index contributed by atoms with van der Waals surface area (Å²) in [5, 5.41) is 12.4. The number of carbonyl (C=O) groups is 1. The average Bonchev–Trinajstić information content (AvgIpc) is 2.26. The summed E-state index contributed by atoms with van der Waals surface area (Å²) in [7, 11) is 4.23. The molecule has 0 spiro atoms. The summed E-state index contributed by atoms with van der Waals surface area (Å²) in [6, 6.07) is 5.26. The standard InChI is InChI=1S/C14H19BrN2O2/c1-17(2)14(6-3-7-14)9-16-10-4-5-11(13(18)19)12(15)8-10/h4-5,8,16H,3,6-7,9H2,1-2H3,(H,18,19). The van der Waals surface area contributed by atoms with Gasteiger partial charge in [-0.25, -0.2) is 4.79 Å². The number of aromatic carboxylic acids is 1. The van der Waals surface area contributed by atoms with Crippen molar-refractivity contribution in [3.63, 3.8) is 0 Å². The zero-order chi connectivity index (χ0) is 14.0. The van der Waals surface area contributed by atoms with Crippen LogP contribution in [0.5, 0.6) is 0 Å². The third-order valence-corrected chi connectivity index (χ3v) is 4.71. The van der Waals surface area contributed by atoms with E-state index in [0.29, 0.717) is 4.47 Å². The van der Waals surface area contributed by atoms with Crippen LogP contribution in [0.25, 0.3) is 0 Å². The van der Waals surface area contributed by atoms with Gasteiger partial charge in [-0.3, -0.25) is 0 Å². The molecule has 0 unspecified atom stereocenters. The summed E-state index contributed by atoms with van der Waals surface area (Å²) < 4.78 is 0.609. The molecule has 0 aromatic heterocycles. The maximum Gasteiger partial charge on any atom is 0.336 e. The Morgan fingerprint density at radius 2 is 2.16 bits per heavy atom. The number of nitrogens with one attached hydrogen (secondary N) is 1. The summed E-state index contributed by atoms with van der Waals surface area (Å²) in [6.07, 6.45) is 3.70. The molecule has 1 fully saturated rings. The second kappa shape index (κ2) is 5.51. The number of carboxylic acids is 1. The minimum Gasteiger partial charge on any atom is -0.478 e. The van der Waals surface area contributed by atoms with Gasteiger partial charge in [-0.05, 0) is 67.5 Å². The normalized spacial score (nSPS) is 17.1. The van der Waals surface area contributed by atoms with Crippen molar-refractivity contribution >= 4 is 27.6 Å². The SMILES string of the molecule is CN(C)C1(CNc2ccc(C(=O)O)c(Br)c2)CCC1. The molecule has 1 aliphatic carbocycles. The monoisotopic (exact) mass is 326 g/mol. The minimum atomic E-state index is -0.915. The Balaban J connectivity index is 2.04. The highest BCUT2D eigenvalue weighted by molar-refractivity contribution is 9.10. The third-order valence-electron chi connectivity index (χ3n) is 4.05. The van der Waals surface area contributed by atoms with Gasteiger partial charge < -0.3 is 15.3 Å². The van der Waals surface area contributed by atoms with E-state index in [1.165, 1.54) is 19.3 Å². The molecule has 4 nitrogen and oxygen atoms in total. The van der Waals surface area contributed by atoms with Gasteiger partial charge in [0.15, 0.2) is 0 Å². The molecule has 0 radical (unpaired) electrons. The number of rotatable bonds is 5. The molecule has 19 heavy (non-hydrogen) atoms. The summed E-state index contributed by atoms with van der Waals surface area (Å²) >= 11 is 3.30. The quantitative estimate of drug-likeness (QED) is 0.873. The summed E-state index contributed by atoms with van der Waals surface area (Å²) in [4.78, 5) is 13.2. The van der Waals surface area contributed by atoms with Crippen molar-refractivity contribution in [2.75, 3.05) is 26.0 Å². The van der Waals surface area contributed by atoms with Crippen molar-refractivity contribution in [2.45, 2.75) is 24.8 Å². The highest BCUT2D eigenvalue weighted by atomic mass is 79.9. The molecule has 5 heteroatoms. The smallest absolute Gasteiger partial charge is 0.336 e. The maximum absolute atomic E-state index is 10.9. The molecule has 1 aromatic carbocycles. The molecule has 0 atom stereocenters. The molecule has 2 rings (SSSR count). The fourth-order valence-electron chi connectivity index (χ4n) is 2.43. The van der Waals surface area contributed by atoms with Gasteiger partial charge in [-0.15, -0.1) is 0 Å². The van der Waals surface area contributed by atoms with Gasteiger partial charge in [-0.2, -0.15) is 0 Å². The topological polar surface area (TPSA) is 52.6 Å². The first-order valence-corrected chi connectivity index (χ1v) is 7.18. The van der Waals surface area contributed by atoms with E-state index in [4.69, 9.17) is 5.11 Å². The predicted molar refractivity (Wildman–Crippen MR) is 79.9 cm³/mol. The van der Waals surface area contributed by atoms with E-state index in [2.05, 4.69) is 40.2 Å². The van der Waals surface area contributed by atoms with E-state index in [1.807, 2.05) is 12.1 Å². The Labute approximate surface area is 121 Å². The number of likely N-dealkylation sites (N-methyl/N-ethyl adjacent to an activating group) is 1. The van der Waals surface area contributed by atoms with Crippen molar-refractivity contribution in [1.82, 2.24) is 4.90 Å². The van der Waals surface area contributed by atoms with E-state index in [1.54, 1.807) is 6.07 Å². The van der Waals surface area contributed by atoms with E-state index in [9.17, 15) is 4.79 Å². The fraction of sp³-hybridized carbons (Fsp3) is 0.500.